The molecule has 1 saturated heterocycles. The zero-order chi connectivity index (χ0) is 18.6. The van der Waals surface area contributed by atoms with Gasteiger partial charge in [-0.05, 0) is 17.7 Å². The van der Waals surface area contributed by atoms with E-state index in [-0.39, 0.29) is 5.91 Å². The van der Waals surface area contributed by atoms with E-state index in [9.17, 15) is 4.79 Å². The fraction of sp³-hybridized carbons (Fsp3) is 0.316. The zero-order valence-corrected chi connectivity index (χ0v) is 16.5. The number of fused-ring (bicyclic) bond motifs is 1. The molecule has 0 aliphatic carbocycles. The lowest BCUT2D eigenvalue weighted by Gasteiger charge is -2.26. The van der Waals surface area contributed by atoms with Gasteiger partial charge in [-0.25, -0.2) is 9.97 Å². The Kier molecular flexibility index (Phi) is 5.56. The van der Waals surface area contributed by atoms with Crippen molar-refractivity contribution in [3.63, 3.8) is 0 Å². The third kappa shape index (κ3) is 3.92. The predicted octanol–water partition coefficient (Wildman–Crippen LogP) is 3.32. The van der Waals surface area contributed by atoms with Gasteiger partial charge in [0.05, 0.1) is 31.5 Å². The molecule has 1 aliphatic rings. The number of carbonyl (C=O) groups excluding carboxylic acids is 1. The number of thioether (sulfide) groups is 1. The molecule has 0 bridgehead atoms. The highest BCUT2D eigenvalue weighted by Gasteiger charge is 2.19. The molecule has 1 aromatic carbocycles. The third-order valence-electron chi connectivity index (χ3n) is 4.43. The number of hydrogen-bond acceptors (Lipinski definition) is 7. The number of aromatic nitrogens is 2. The molecular weight excluding hydrogens is 382 g/mol. The highest BCUT2D eigenvalue weighted by molar-refractivity contribution is 8.00. The molecule has 0 spiro atoms. The van der Waals surface area contributed by atoms with Crippen molar-refractivity contribution in [1.29, 1.82) is 0 Å². The van der Waals surface area contributed by atoms with E-state index in [4.69, 9.17) is 9.47 Å². The van der Waals surface area contributed by atoms with E-state index in [2.05, 4.69) is 15.3 Å². The normalized spacial score (nSPS) is 14.5. The molecule has 0 N–H and O–H groups in total. The Balaban J connectivity index is 1.59. The van der Waals surface area contributed by atoms with Crippen molar-refractivity contribution in [1.82, 2.24) is 14.9 Å². The number of morpholine rings is 1. The summed E-state index contributed by atoms with van der Waals surface area (Å²) in [6, 6.07) is 7.94. The number of carbonyl (C=O) groups is 1. The maximum atomic E-state index is 12.5. The minimum atomic E-state index is 0.122. The zero-order valence-electron chi connectivity index (χ0n) is 14.9. The van der Waals surface area contributed by atoms with Crippen LogP contribution in [0.1, 0.15) is 0 Å². The summed E-state index contributed by atoms with van der Waals surface area (Å²) in [6.45, 7) is 2.54. The average Bonchev–Trinajstić information content (AvgIpc) is 3.17. The number of rotatable bonds is 5. The fourth-order valence-corrected chi connectivity index (χ4v) is 4.87. The van der Waals surface area contributed by atoms with Gasteiger partial charge >= 0.3 is 0 Å². The summed E-state index contributed by atoms with van der Waals surface area (Å²) < 4.78 is 10.6. The molecule has 0 radical (unpaired) electrons. The standard InChI is InChI=1S/C19H19N3O3S2/c1-24-14-4-2-13(3-5-14)15-10-26-18-17(15)19(21-12-20-18)27-11-16(23)22-6-8-25-9-7-22/h2-5,10,12H,6-9,11H2,1H3. The molecule has 1 amide bonds. The molecule has 3 aromatic rings. The third-order valence-corrected chi connectivity index (χ3v) is 6.29. The Morgan fingerprint density at radius 1 is 1.26 bits per heavy atom. The van der Waals surface area contributed by atoms with Crippen molar-refractivity contribution in [2.75, 3.05) is 39.2 Å². The number of thiophene rings is 1. The number of ether oxygens (including phenoxy) is 2. The highest BCUT2D eigenvalue weighted by atomic mass is 32.2. The molecule has 140 valence electrons. The first kappa shape index (κ1) is 18.2. The lowest BCUT2D eigenvalue weighted by Crippen LogP contribution is -2.41. The first-order valence-electron chi connectivity index (χ1n) is 8.61. The summed E-state index contributed by atoms with van der Waals surface area (Å²) in [5, 5.41) is 3.94. The molecule has 6 nitrogen and oxygen atoms in total. The second kappa shape index (κ2) is 8.24. The van der Waals surface area contributed by atoms with Gasteiger partial charge in [-0.3, -0.25) is 4.79 Å². The summed E-state index contributed by atoms with van der Waals surface area (Å²) in [5.74, 6) is 1.31. The van der Waals surface area contributed by atoms with Crippen LogP contribution in [0.4, 0.5) is 0 Å². The molecule has 2 aromatic heterocycles. The van der Waals surface area contributed by atoms with Gasteiger partial charge < -0.3 is 14.4 Å². The van der Waals surface area contributed by atoms with Crippen LogP contribution in [0.15, 0.2) is 41.0 Å². The Labute approximate surface area is 165 Å². The summed E-state index contributed by atoms with van der Waals surface area (Å²) in [5.41, 5.74) is 2.16. The molecular formula is C19H19N3O3S2. The topological polar surface area (TPSA) is 64.6 Å². The number of nitrogens with zero attached hydrogens (tertiary/aromatic N) is 3. The van der Waals surface area contributed by atoms with Crippen LogP contribution in [0.3, 0.4) is 0 Å². The molecule has 27 heavy (non-hydrogen) atoms. The van der Waals surface area contributed by atoms with Crippen LogP contribution in [0.25, 0.3) is 21.3 Å². The van der Waals surface area contributed by atoms with Crippen LogP contribution in [-0.2, 0) is 9.53 Å². The average molecular weight is 402 g/mol. The van der Waals surface area contributed by atoms with Gasteiger partial charge in [0.2, 0.25) is 5.91 Å². The lowest BCUT2D eigenvalue weighted by molar-refractivity contribution is -0.132. The molecule has 4 rings (SSSR count). The minimum absolute atomic E-state index is 0.122. The van der Waals surface area contributed by atoms with Crippen molar-refractivity contribution in [2.45, 2.75) is 5.03 Å². The monoisotopic (exact) mass is 401 g/mol. The summed E-state index contributed by atoms with van der Waals surface area (Å²) in [7, 11) is 1.66. The first-order valence-corrected chi connectivity index (χ1v) is 10.5. The van der Waals surface area contributed by atoms with Crippen molar-refractivity contribution < 1.29 is 14.3 Å². The summed E-state index contributed by atoms with van der Waals surface area (Å²) >= 11 is 3.06. The van der Waals surface area contributed by atoms with Crippen LogP contribution >= 0.6 is 23.1 Å². The van der Waals surface area contributed by atoms with Gasteiger partial charge in [0.25, 0.3) is 0 Å². The fourth-order valence-electron chi connectivity index (χ4n) is 2.97. The van der Waals surface area contributed by atoms with Crippen molar-refractivity contribution in [3.05, 3.63) is 36.0 Å². The van der Waals surface area contributed by atoms with Crippen molar-refractivity contribution in [2.24, 2.45) is 0 Å². The van der Waals surface area contributed by atoms with E-state index in [0.29, 0.717) is 32.1 Å². The Hall–Kier alpha value is -2.16. The van der Waals surface area contributed by atoms with Gasteiger partial charge in [-0.1, -0.05) is 23.9 Å². The number of amides is 1. The van der Waals surface area contributed by atoms with Crippen LogP contribution in [0.2, 0.25) is 0 Å². The molecule has 0 atom stereocenters. The van der Waals surface area contributed by atoms with Gasteiger partial charge in [-0.15, -0.1) is 11.3 Å². The molecule has 3 heterocycles. The smallest absolute Gasteiger partial charge is 0.233 e. The van der Waals surface area contributed by atoms with Crippen LogP contribution in [0.5, 0.6) is 5.75 Å². The molecule has 8 heteroatoms. The van der Waals surface area contributed by atoms with E-state index >= 15 is 0 Å². The van der Waals surface area contributed by atoms with Gasteiger partial charge in [0.15, 0.2) is 0 Å². The Morgan fingerprint density at radius 3 is 2.78 bits per heavy atom. The summed E-state index contributed by atoms with van der Waals surface area (Å²) in [4.78, 5) is 24.1. The summed E-state index contributed by atoms with van der Waals surface area (Å²) in [6.07, 6.45) is 1.57. The van der Waals surface area contributed by atoms with Gasteiger partial charge in [0, 0.05) is 24.0 Å². The Morgan fingerprint density at radius 2 is 2.04 bits per heavy atom. The largest absolute Gasteiger partial charge is 0.497 e. The van der Waals surface area contributed by atoms with E-state index in [1.807, 2.05) is 29.2 Å². The number of hydrogen-bond donors (Lipinski definition) is 0. The molecule has 0 saturated carbocycles. The second-order valence-corrected chi connectivity index (χ2v) is 7.84. The number of benzene rings is 1. The maximum absolute atomic E-state index is 12.5. The maximum Gasteiger partial charge on any atom is 0.233 e. The molecule has 1 aliphatic heterocycles. The Bertz CT molecular complexity index is 937. The molecule has 1 fully saturated rings. The SMILES string of the molecule is COc1ccc(-c2csc3ncnc(SCC(=O)N4CCOCC4)c23)cc1. The van der Waals surface area contributed by atoms with Crippen LogP contribution < -0.4 is 4.74 Å². The predicted molar refractivity (Wildman–Crippen MR) is 108 cm³/mol. The first-order chi connectivity index (χ1) is 13.3. The van der Waals surface area contributed by atoms with Gasteiger partial charge in [-0.2, -0.15) is 0 Å². The quantitative estimate of drug-likeness (QED) is 0.483. The van der Waals surface area contributed by atoms with Crippen LogP contribution in [0, 0.1) is 0 Å². The second-order valence-electron chi connectivity index (χ2n) is 6.02. The van der Waals surface area contributed by atoms with E-state index in [1.165, 1.54) is 11.8 Å². The van der Waals surface area contributed by atoms with Crippen LogP contribution in [-0.4, -0.2) is 59.9 Å². The molecule has 0 unspecified atom stereocenters. The van der Waals surface area contributed by atoms with E-state index < -0.39 is 0 Å². The number of methoxy groups -OCH3 is 1. The van der Waals surface area contributed by atoms with Gasteiger partial charge in [0.1, 0.15) is 21.9 Å². The van der Waals surface area contributed by atoms with E-state index in [1.54, 1.807) is 24.8 Å². The lowest BCUT2D eigenvalue weighted by atomic mass is 10.1. The minimum Gasteiger partial charge on any atom is -0.497 e. The highest BCUT2D eigenvalue weighted by Crippen LogP contribution is 2.38. The van der Waals surface area contributed by atoms with Crippen molar-refractivity contribution in [3.8, 4) is 16.9 Å². The van der Waals surface area contributed by atoms with Crippen molar-refractivity contribution >= 4 is 39.2 Å². The van der Waals surface area contributed by atoms with E-state index in [0.717, 1.165) is 32.1 Å².